The molecule has 1 atom stereocenters. The van der Waals surface area contributed by atoms with Crippen LogP contribution in [0.4, 0.5) is 0 Å². The van der Waals surface area contributed by atoms with Gasteiger partial charge in [-0.1, -0.05) is 0 Å². The first kappa shape index (κ1) is 17.4. The van der Waals surface area contributed by atoms with Gasteiger partial charge in [0.2, 0.25) is 5.91 Å². The van der Waals surface area contributed by atoms with Crippen molar-refractivity contribution in [3.05, 3.63) is 0 Å². The molecule has 9 nitrogen and oxygen atoms in total. The first-order chi connectivity index (χ1) is 7.07. The predicted octanol–water partition coefficient (Wildman–Crippen LogP) is -2.00. The van der Waals surface area contributed by atoms with Crippen LogP contribution in [0.5, 0.6) is 0 Å². The van der Waals surface area contributed by atoms with Crippen molar-refractivity contribution in [1.29, 1.82) is 0 Å². The Morgan fingerprint density at radius 3 is 2.00 bits per heavy atom. The van der Waals surface area contributed by atoms with Gasteiger partial charge >= 0.3 is 13.8 Å². The van der Waals surface area contributed by atoms with Crippen LogP contribution in [0.2, 0.25) is 0 Å². The number of nitrogens with one attached hydrogen (secondary N) is 1. The van der Waals surface area contributed by atoms with Crippen LogP contribution in [0.15, 0.2) is 0 Å². The first-order valence-corrected chi connectivity index (χ1v) is 5.61. The van der Waals surface area contributed by atoms with Crippen LogP contribution < -0.4 is 11.1 Å². The Morgan fingerprint density at radius 2 is 1.75 bits per heavy atom. The van der Waals surface area contributed by atoms with Crippen molar-refractivity contribution in [2.75, 3.05) is 7.05 Å². The van der Waals surface area contributed by atoms with Crippen LogP contribution in [0, 0.1) is 0 Å². The third kappa shape index (κ3) is 18.7. The average Bonchev–Trinajstić information content (AvgIpc) is 2.10. The smallest absolute Gasteiger partial charge is 0.466 e. The molecule has 16 heavy (non-hydrogen) atoms. The standard InChI is InChI=1S/C6H12N2O3.H3O4P/c1-8-5(9)3-2-4(7)6(10)11;1-5(2,3)4/h4H,2-3,7H2,1H3,(H,8,9)(H,10,11);(H3,1,2,3,4). The van der Waals surface area contributed by atoms with Gasteiger partial charge in [-0.15, -0.1) is 0 Å². The fourth-order valence-electron chi connectivity index (χ4n) is 0.535. The molecule has 0 aliphatic heterocycles. The van der Waals surface area contributed by atoms with E-state index in [1.54, 1.807) is 0 Å². The number of aliphatic carboxylic acids is 1. The average molecular weight is 258 g/mol. The summed E-state index contributed by atoms with van der Waals surface area (Å²) in [6.07, 6.45) is 0.332. The second-order valence-electron chi connectivity index (χ2n) is 2.67. The van der Waals surface area contributed by atoms with Gasteiger partial charge < -0.3 is 30.8 Å². The van der Waals surface area contributed by atoms with E-state index in [1.165, 1.54) is 7.05 Å². The number of carbonyl (C=O) groups excluding carboxylic acids is 1. The summed E-state index contributed by atoms with van der Waals surface area (Å²) in [5.41, 5.74) is 5.14. The third-order valence-electron chi connectivity index (χ3n) is 1.28. The normalized spacial score (nSPS) is 12.1. The van der Waals surface area contributed by atoms with Crippen molar-refractivity contribution in [3.8, 4) is 0 Å². The van der Waals surface area contributed by atoms with Gasteiger partial charge in [0.25, 0.3) is 0 Å². The SMILES string of the molecule is CNC(=O)CCC(N)C(=O)O.O=P(O)(O)O. The molecule has 0 heterocycles. The van der Waals surface area contributed by atoms with E-state index in [-0.39, 0.29) is 18.7 Å². The van der Waals surface area contributed by atoms with Crippen LogP contribution >= 0.6 is 7.82 Å². The second kappa shape index (κ2) is 8.20. The van der Waals surface area contributed by atoms with Gasteiger partial charge in [0, 0.05) is 13.5 Å². The van der Waals surface area contributed by atoms with Crippen molar-refractivity contribution in [3.63, 3.8) is 0 Å². The van der Waals surface area contributed by atoms with Crippen LogP contribution in [-0.4, -0.2) is 44.8 Å². The topological polar surface area (TPSA) is 170 Å². The minimum absolute atomic E-state index is 0.157. The van der Waals surface area contributed by atoms with Crippen molar-refractivity contribution in [1.82, 2.24) is 5.32 Å². The number of rotatable bonds is 4. The molecule has 0 aliphatic carbocycles. The monoisotopic (exact) mass is 258 g/mol. The van der Waals surface area contributed by atoms with Gasteiger partial charge in [0.15, 0.2) is 0 Å². The number of carboxylic acid groups (broad SMARTS) is 1. The molecule has 0 saturated carbocycles. The molecule has 0 aliphatic rings. The largest absolute Gasteiger partial charge is 0.480 e. The summed E-state index contributed by atoms with van der Waals surface area (Å²) in [7, 11) is -3.14. The van der Waals surface area contributed by atoms with E-state index in [2.05, 4.69) is 5.32 Å². The maximum atomic E-state index is 10.6. The molecule has 1 amide bonds. The van der Waals surface area contributed by atoms with Gasteiger partial charge in [-0.3, -0.25) is 9.59 Å². The molecule has 0 bridgehead atoms. The molecule has 7 N–H and O–H groups in total. The van der Waals surface area contributed by atoms with Crippen molar-refractivity contribution in [2.24, 2.45) is 5.73 Å². The van der Waals surface area contributed by atoms with Gasteiger partial charge in [-0.2, -0.15) is 0 Å². The van der Waals surface area contributed by atoms with E-state index in [4.69, 9.17) is 30.1 Å². The van der Waals surface area contributed by atoms with Crippen molar-refractivity contribution < 1.29 is 33.9 Å². The highest BCUT2D eigenvalue weighted by Crippen LogP contribution is 2.25. The summed E-state index contributed by atoms with van der Waals surface area (Å²) in [5, 5.41) is 10.7. The Labute approximate surface area is 91.5 Å². The number of nitrogens with two attached hydrogens (primary N) is 1. The molecule has 0 fully saturated rings. The maximum absolute atomic E-state index is 10.6. The fourth-order valence-corrected chi connectivity index (χ4v) is 0.535. The quantitative estimate of drug-likeness (QED) is 0.314. The zero-order valence-corrected chi connectivity index (χ0v) is 9.42. The van der Waals surface area contributed by atoms with Crippen LogP contribution in [0.3, 0.4) is 0 Å². The van der Waals surface area contributed by atoms with E-state index in [9.17, 15) is 9.59 Å². The van der Waals surface area contributed by atoms with E-state index in [0.29, 0.717) is 0 Å². The minimum Gasteiger partial charge on any atom is -0.480 e. The number of phosphoric acid groups is 1. The molecule has 0 spiro atoms. The molecule has 0 saturated heterocycles. The number of amides is 1. The molecule has 0 aromatic carbocycles. The summed E-state index contributed by atoms with van der Waals surface area (Å²) in [6, 6.07) is -0.938. The minimum atomic E-state index is -4.64. The number of carboxylic acids is 1. The van der Waals surface area contributed by atoms with Crippen LogP contribution in [-0.2, 0) is 14.2 Å². The molecular formula is C6H15N2O7P. The lowest BCUT2D eigenvalue weighted by atomic mass is 10.1. The van der Waals surface area contributed by atoms with Crippen molar-refractivity contribution in [2.45, 2.75) is 18.9 Å². The number of carbonyl (C=O) groups is 2. The van der Waals surface area contributed by atoms with Gasteiger partial charge in [0.05, 0.1) is 0 Å². The summed E-state index contributed by atoms with van der Waals surface area (Å²) in [5.74, 6) is -1.27. The lowest BCUT2D eigenvalue weighted by molar-refractivity contribution is -0.138. The van der Waals surface area contributed by atoms with Crippen LogP contribution in [0.1, 0.15) is 12.8 Å². The van der Waals surface area contributed by atoms with E-state index < -0.39 is 19.8 Å². The highest BCUT2D eigenvalue weighted by Gasteiger charge is 2.12. The lowest BCUT2D eigenvalue weighted by Crippen LogP contribution is -2.31. The summed E-state index contributed by atoms with van der Waals surface area (Å²) < 4.78 is 8.88. The Balaban J connectivity index is 0. The Kier molecular flexibility index (Phi) is 8.92. The van der Waals surface area contributed by atoms with Crippen molar-refractivity contribution >= 4 is 19.7 Å². The Bertz CT molecular complexity index is 268. The molecule has 0 rings (SSSR count). The third-order valence-corrected chi connectivity index (χ3v) is 1.28. The number of hydrogen-bond donors (Lipinski definition) is 6. The highest BCUT2D eigenvalue weighted by atomic mass is 31.2. The molecule has 0 aromatic heterocycles. The maximum Gasteiger partial charge on any atom is 0.466 e. The predicted molar refractivity (Wildman–Crippen MR) is 53.2 cm³/mol. The molecular weight excluding hydrogens is 243 g/mol. The zero-order chi connectivity index (χ0) is 13.4. The fraction of sp³-hybridized carbons (Fsp3) is 0.667. The van der Waals surface area contributed by atoms with E-state index >= 15 is 0 Å². The Morgan fingerprint density at radius 1 is 1.38 bits per heavy atom. The zero-order valence-electron chi connectivity index (χ0n) is 8.53. The van der Waals surface area contributed by atoms with Gasteiger partial charge in [-0.05, 0) is 6.42 Å². The molecule has 0 aromatic rings. The van der Waals surface area contributed by atoms with Gasteiger partial charge in [-0.25, -0.2) is 4.57 Å². The molecule has 0 radical (unpaired) electrons. The van der Waals surface area contributed by atoms with E-state index in [0.717, 1.165) is 0 Å². The summed E-state index contributed by atoms with van der Waals surface area (Å²) in [4.78, 5) is 42.3. The molecule has 96 valence electrons. The summed E-state index contributed by atoms with van der Waals surface area (Å²) in [6.45, 7) is 0. The van der Waals surface area contributed by atoms with E-state index in [1.807, 2.05) is 0 Å². The lowest BCUT2D eigenvalue weighted by Gasteiger charge is -2.03. The Hall–Kier alpha value is -0.990. The molecule has 10 heteroatoms. The molecule has 1 unspecified atom stereocenters. The van der Waals surface area contributed by atoms with Crippen LogP contribution in [0.25, 0.3) is 0 Å². The second-order valence-corrected chi connectivity index (χ2v) is 3.70. The first-order valence-electron chi connectivity index (χ1n) is 4.05. The number of hydrogen-bond acceptors (Lipinski definition) is 4. The highest BCUT2D eigenvalue weighted by molar-refractivity contribution is 7.45. The summed E-state index contributed by atoms with van der Waals surface area (Å²) >= 11 is 0. The van der Waals surface area contributed by atoms with Gasteiger partial charge in [0.1, 0.15) is 6.04 Å².